The molecule has 1 saturated heterocycles. The minimum Gasteiger partial charge on any atom is -0.334 e. The molecule has 0 radical (unpaired) electrons. The van der Waals surface area contributed by atoms with Crippen molar-refractivity contribution in [3.63, 3.8) is 0 Å². The van der Waals surface area contributed by atoms with Gasteiger partial charge in [0.1, 0.15) is 0 Å². The smallest absolute Gasteiger partial charge is 0.321 e. The highest BCUT2D eigenvalue weighted by atomic mass is 35.5. The number of hydrogen-bond donors (Lipinski definition) is 2. The summed E-state index contributed by atoms with van der Waals surface area (Å²) in [7, 11) is -3.11. The summed E-state index contributed by atoms with van der Waals surface area (Å²) in [5.74, 6) is -0.733. The Balaban J connectivity index is 1.54. The first-order chi connectivity index (χ1) is 12.2. The van der Waals surface area contributed by atoms with Crippen molar-refractivity contribution in [2.75, 3.05) is 17.3 Å². The number of pyridine rings is 1. The Labute approximate surface area is 162 Å². The molecule has 1 aliphatic heterocycles. The molecule has 3 rings (SSSR count). The molecule has 1 fully saturated rings. The van der Waals surface area contributed by atoms with Crippen LogP contribution in [0.2, 0.25) is 10.0 Å². The summed E-state index contributed by atoms with van der Waals surface area (Å²) < 4.78 is 24.3. The number of fused-ring (bicyclic) bond motifs is 1. The Morgan fingerprint density at radius 2 is 2.12 bits per heavy atom. The first-order valence-corrected chi connectivity index (χ1v) is 10.9. The second-order valence-electron chi connectivity index (χ2n) is 5.59. The maximum atomic E-state index is 11.9. The van der Waals surface area contributed by atoms with Crippen LogP contribution in [0.5, 0.6) is 0 Å². The van der Waals surface area contributed by atoms with E-state index in [0.29, 0.717) is 27.3 Å². The van der Waals surface area contributed by atoms with E-state index >= 15 is 0 Å². The number of amides is 3. The second-order valence-corrected chi connectivity index (χ2v) is 9.61. The van der Waals surface area contributed by atoms with Crippen LogP contribution < -0.4 is 10.6 Å². The topological polar surface area (TPSA) is 123 Å². The molecule has 0 spiro atoms. The van der Waals surface area contributed by atoms with Gasteiger partial charge in [-0.05, 0) is 12.5 Å². The third-order valence-electron chi connectivity index (χ3n) is 3.55. The summed E-state index contributed by atoms with van der Waals surface area (Å²) in [6.07, 6.45) is 1.90. The van der Waals surface area contributed by atoms with Crippen molar-refractivity contribution in [1.29, 1.82) is 0 Å². The minimum atomic E-state index is -3.11. The van der Waals surface area contributed by atoms with Crippen molar-refractivity contribution in [2.24, 2.45) is 0 Å². The number of nitrogens with zero attached hydrogens (tertiary/aromatic N) is 3. The molecule has 1 atom stereocenters. The zero-order valence-electron chi connectivity index (χ0n) is 13.1. The number of sulfone groups is 1. The van der Waals surface area contributed by atoms with Crippen molar-refractivity contribution >= 4 is 62.4 Å². The van der Waals surface area contributed by atoms with Crippen LogP contribution in [0.4, 0.5) is 4.79 Å². The molecule has 2 aromatic heterocycles. The van der Waals surface area contributed by atoms with Gasteiger partial charge in [0.2, 0.25) is 5.91 Å². The number of imide groups is 1. The highest BCUT2D eigenvalue weighted by Crippen LogP contribution is 2.25. The van der Waals surface area contributed by atoms with Crippen LogP contribution in [0.25, 0.3) is 5.65 Å². The molecule has 0 bridgehead atoms. The normalized spacial score (nSPS) is 18.8. The highest BCUT2D eigenvalue weighted by Gasteiger charge is 2.29. The van der Waals surface area contributed by atoms with Crippen molar-refractivity contribution in [2.45, 2.75) is 17.6 Å². The van der Waals surface area contributed by atoms with Gasteiger partial charge in [-0.3, -0.25) is 14.5 Å². The van der Waals surface area contributed by atoms with Crippen LogP contribution in [0.1, 0.15) is 6.42 Å². The molecule has 2 aromatic rings. The molecule has 9 nitrogen and oxygen atoms in total. The molecule has 140 valence electrons. The van der Waals surface area contributed by atoms with Gasteiger partial charge in [-0.1, -0.05) is 35.0 Å². The molecular formula is C13H13Cl2N5O4S2. The lowest BCUT2D eigenvalue weighted by molar-refractivity contribution is -0.117. The number of nitrogens with one attached hydrogen (secondary N) is 2. The van der Waals surface area contributed by atoms with Crippen molar-refractivity contribution < 1.29 is 18.0 Å². The number of thioether (sulfide) groups is 1. The van der Waals surface area contributed by atoms with Crippen LogP contribution >= 0.6 is 35.0 Å². The summed E-state index contributed by atoms with van der Waals surface area (Å²) in [5, 5.41) is 13.6. The molecule has 26 heavy (non-hydrogen) atoms. The maximum absolute atomic E-state index is 11.9. The quantitative estimate of drug-likeness (QED) is 0.687. The zero-order chi connectivity index (χ0) is 18.9. The van der Waals surface area contributed by atoms with Gasteiger partial charge >= 0.3 is 6.03 Å². The van der Waals surface area contributed by atoms with Gasteiger partial charge in [0, 0.05) is 12.2 Å². The summed E-state index contributed by atoms with van der Waals surface area (Å²) in [6, 6.07) is 0.321. The fourth-order valence-electron chi connectivity index (χ4n) is 2.42. The number of carbonyl (C=O) groups is 2. The number of aromatic nitrogens is 3. The summed E-state index contributed by atoms with van der Waals surface area (Å²) in [5.41, 5.74) is 0.402. The molecule has 0 aliphatic carbocycles. The van der Waals surface area contributed by atoms with E-state index in [-0.39, 0.29) is 17.3 Å². The fraction of sp³-hybridized carbons (Fsp3) is 0.385. The lowest BCUT2D eigenvalue weighted by Gasteiger charge is -2.11. The van der Waals surface area contributed by atoms with Crippen LogP contribution in [-0.4, -0.2) is 58.3 Å². The first-order valence-electron chi connectivity index (χ1n) is 7.37. The second kappa shape index (κ2) is 7.59. The monoisotopic (exact) mass is 437 g/mol. The number of halogens is 2. The van der Waals surface area contributed by atoms with Gasteiger partial charge in [0.15, 0.2) is 20.6 Å². The van der Waals surface area contributed by atoms with Crippen LogP contribution in [0.15, 0.2) is 17.4 Å². The summed E-state index contributed by atoms with van der Waals surface area (Å²) in [6.45, 7) is 0. The molecule has 13 heteroatoms. The van der Waals surface area contributed by atoms with E-state index < -0.39 is 27.8 Å². The van der Waals surface area contributed by atoms with Gasteiger partial charge in [0.05, 0.1) is 27.3 Å². The average molecular weight is 438 g/mol. The SMILES string of the molecule is O=C(CSc1nnc2c(Cl)cc(Cl)cn12)NC(=O)N[C@H]1CCS(=O)(=O)C1. The van der Waals surface area contributed by atoms with E-state index in [0.717, 1.165) is 11.8 Å². The van der Waals surface area contributed by atoms with Crippen LogP contribution in [0.3, 0.4) is 0 Å². The van der Waals surface area contributed by atoms with Gasteiger partial charge in [-0.25, -0.2) is 13.2 Å². The van der Waals surface area contributed by atoms with E-state index in [2.05, 4.69) is 20.8 Å². The number of hydrogen-bond acceptors (Lipinski definition) is 7. The third kappa shape index (κ3) is 4.58. The Morgan fingerprint density at radius 1 is 1.35 bits per heavy atom. The Kier molecular flexibility index (Phi) is 5.61. The lowest BCUT2D eigenvalue weighted by Crippen LogP contribution is -2.45. The largest absolute Gasteiger partial charge is 0.334 e. The van der Waals surface area contributed by atoms with E-state index in [1.165, 1.54) is 6.07 Å². The van der Waals surface area contributed by atoms with E-state index in [1.807, 2.05) is 0 Å². The minimum absolute atomic E-state index is 0.0345. The Hall–Kier alpha value is -1.56. The molecule has 3 amide bonds. The van der Waals surface area contributed by atoms with Crippen molar-refractivity contribution in [3.05, 3.63) is 22.3 Å². The van der Waals surface area contributed by atoms with Crippen LogP contribution in [-0.2, 0) is 14.6 Å². The van der Waals surface area contributed by atoms with E-state index in [4.69, 9.17) is 23.2 Å². The van der Waals surface area contributed by atoms with E-state index in [9.17, 15) is 18.0 Å². The molecule has 3 heterocycles. The molecule has 0 saturated carbocycles. The predicted octanol–water partition coefficient (Wildman–Crippen LogP) is 1.14. The lowest BCUT2D eigenvalue weighted by atomic mass is 10.3. The van der Waals surface area contributed by atoms with Gasteiger partial charge < -0.3 is 5.32 Å². The average Bonchev–Trinajstić information content (AvgIpc) is 3.08. The highest BCUT2D eigenvalue weighted by molar-refractivity contribution is 7.99. The van der Waals surface area contributed by atoms with Gasteiger partial charge in [-0.15, -0.1) is 10.2 Å². The maximum Gasteiger partial charge on any atom is 0.321 e. The van der Waals surface area contributed by atoms with E-state index in [1.54, 1.807) is 10.6 Å². The fourth-order valence-corrected chi connectivity index (χ4v) is 5.32. The first kappa shape index (κ1) is 19.2. The van der Waals surface area contributed by atoms with Gasteiger partial charge in [-0.2, -0.15) is 0 Å². The summed E-state index contributed by atoms with van der Waals surface area (Å²) in [4.78, 5) is 23.7. The molecule has 0 unspecified atom stereocenters. The number of urea groups is 1. The molecule has 0 aromatic carbocycles. The Morgan fingerprint density at radius 3 is 2.81 bits per heavy atom. The van der Waals surface area contributed by atoms with Crippen molar-refractivity contribution in [1.82, 2.24) is 25.2 Å². The number of carbonyl (C=O) groups excluding carboxylic acids is 2. The number of rotatable bonds is 4. The predicted molar refractivity (Wildman–Crippen MR) is 97.5 cm³/mol. The van der Waals surface area contributed by atoms with Crippen molar-refractivity contribution in [3.8, 4) is 0 Å². The van der Waals surface area contributed by atoms with Gasteiger partial charge in [0.25, 0.3) is 0 Å². The Bertz CT molecular complexity index is 978. The standard InChI is InChI=1S/C13H13Cl2N5O4S2/c14-7-3-9(15)11-18-19-13(20(11)4-7)25-5-10(21)17-12(22)16-8-1-2-26(23,24)6-8/h3-4,8H,1-2,5-6H2,(H2,16,17,21,22)/t8-/m0/s1. The zero-order valence-corrected chi connectivity index (χ0v) is 16.3. The van der Waals surface area contributed by atoms with Crippen LogP contribution in [0, 0.1) is 0 Å². The molecular weight excluding hydrogens is 425 g/mol. The molecule has 2 N–H and O–H groups in total. The summed E-state index contributed by atoms with van der Waals surface area (Å²) >= 11 is 13.0. The molecule has 1 aliphatic rings. The third-order valence-corrected chi connectivity index (χ3v) is 6.74.